The average molecular weight is 882 g/mol. The fraction of sp³-hybridized carbons (Fsp3) is 0. The van der Waals surface area contributed by atoms with E-state index in [1.165, 1.54) is 0 Å². The molecule has 0 aliphatic carbocycles. The van der Waals surface area contributed by atoms with Crippen LogP contribution in [0.1, 0.15) is 0 Å². The van der Waals surface area contributed by atoms with Crippen LogP contribution in [0.2, 0.25) is 0 Å². The Labute approximate surface area is 388 Å². The summed E-state index contributed by atoms with van der Waals surface area (Å²) in [4.78, 5) is 16.8. The summed E-state index contributed by atoms with van der Waals surface area (Å²) in [6, 6.07) is 61.3. The van der Waals surface area contributed by atoms with Crippen LogP contribution in [-0.2, 0) is 0 Å². The molecule has 9 heterocycles. The van der Waals surface area contributed by atoms with Gasteiger partial charge in [-0.05, 0) is 93.3 Å². The van der Waals surface area contributed by atoms with Crippen LogP contribution in [0.25, 0.3) is 127 Å². The highest BCUT2D eigenvalue weighted by atomic mass is 16.3. The van der Waals surface area contributed by atoms with E-state index in [1.54, 1.807) is 0 Å². The van der Waals surface area contributed by atoms with Crippen LogP contribution in [0.4, 0.5) is 0 Å². The second kappa shape index (κ2) is 11.9. The van der Waals surface area contributed by atoms with Gasteiger partial charge in [0.2, 0.25) is 0 Å². The topological polar surface area (TPSA) is 83.4 Å². The summed E-state index contributed by atoms with van der Waals surface area (Å²) in [6.45, 7) is -0.618. The van der Waals surface area contributed by atoms with Crippen molar-refractivity contribution < 1.29 is 17.7 Å². The first kappa shape index (κ1) is 35.1. The molecule has 0 saturated heterocycles. The minimum Gasteiger partial charge on any atom is -0.456 e. The van der Waals surface area contributed by atoms with Crippen LogP contribution in [-0.4, -0.2) is 26.8 Å². The molecule has 2 aliphatic rings. The molecule has 0 N–H and O–H groups in total. The zero-order valence-electron chi connectivity index (χ0n) is 36.3. The maximum absolute atomic E-state index is 16.8. The Morgan fingerprint density at radius 1 is 0.319 bits per heavy atom. The van der Waals surface area contributed by atoms with Crippen molar-refractivity contribution in [2.24, 2.45) is 0 Å². The van der Waals surface area contributed by atoms with Crippen molar-refractivity contribution >= 4 is 167 Å². The van der Waals surface area contributed by atoms with Gasteiger partial charge in [-0.15, -0.1) is 0 Å². The van der Waals surface area contributed by atoms with Gasteiger partial charge in [0.1, 0.15) is 56.0 Å². The third kappa shape index (κ3) is 3.97. The predicted octanol–water partition coefficient (Wildman–Crippen LogP) is 9.91. The summed E-state index contributed by atoms with van der Waals surface area (Å²) in [5, 5.41) is 9.99. The molecule has 0 saturated carbocycles. The molecule has 316 valence electrons. The molecule has 0 atom stereocenters. The first-order chi connectivity index (χ1) is 34.2. The second-order valence-corrected chi connectivity index (χ2v) is 18.9. The molecule has 9 aromatic carbocycles. The summed E-state index contributed by atoms with van der Waals surface area (Å²) >= 11 is 0. The Hall–Kier alpha value is -9.14. The first-order valence-corrected chi connectivity index (χ1v) is 23.4. The van der Waals surface area contributed by atoms with E-state index in [0.29, 0.717) is 0 Å². The third-order valence-electron chi connectivity index (χ3n) is 15.8. The van der Waals surface area contributed by atoms with Crippen molar-refractivity contribution in [2.75, 3.05) is 0 Å². The zero-order chi connectivity index (χ0) is 44.5. The molecule has 8 nitrogen and oxygen atoms in total. The number of hydrogen-bond acceptors (Lipinski definition) is 5. The molecular weight excluding hydrogens is 852 g/mol. The van der Waals surface area contributed by atoms with Crippen molar-refractivity contribution in [2.45, 2.75) is 0 Å². The van der Waals surface area contributed by atoms with Crippen LogP contribution in [0.15, 0.2) is 198 Å². The molecule has 0 bridgehead atoms. The van der Waals surface area contributed by atoms with Gasteiger partial charge in [-0.2, -0.15) is 0 Å². The number of hydrogen-bond donors (Lipinski definition) is 0. The maximum Gasteiger partial charge on any atom is 0.340 e. The van der Waals surface area contributed by atoms with Crippen molar-refractivity contribution in [3.8, 4) is 5.69 Å². The number of rotatable bonds is 2. The second-order valence-electron chi connectivity index (χ2n) is 18.9. The SMILES string of the molecule is O=c1n2c3c(ccc4oc5ccccc5c43)c3c2n2c4c(c5ccc6oc7ccccc7c6c5n14)B(c1cccc4oc5ccccc5c14)c1cccc(c1-2)B3c1cccc2oc3ccccc3c12. The summed E-state index contributed by atoms with van der Waals surface area (Å²) in [7, 11) is 0. The van der Waals surface area contributed by atoms with Crippen molar-refractivity contribution in [1.29, 1.82) is 0 Å². The monoisotopic (exact) mass is 881 g/mol. The van der Waals surface area contributed by atoms with E-state index in [0.717, 1.165) is 159 Å². The fourth-order valence-electron chi connectivity index (χ4n) is 13.3. The Balaban J connectivity index is 1.14. The maximum atomic E-state index is 16.8. The molecule has 0 radical (unpaired) electrons. The highest BCUT2D eigenvalue weighted by Crippen LogP contribution is 2.41. The molecule has 2 aliphatic heterocycles. The Bertz CT molecular complexity index is 4840. The molecule has 0 spiro atoms. The van der Waals surface area contributed by atoms with Crippen LogP contribution in [0.5, 0.6) is 0 Å². The van der Waals surface area contributed by atoms with E-state index < -0.39 is 0 Å². The highest BCUT2D eigenvalue weighted by molar-refractivity contribution is 7.04. The molecule has 10 heteroatoms. The van der Waals surface area contributed by atoms with Crippen LogP contribution in [0, 0.1) is 0 Å². The minimum absolute atomic E-state index is 0.154. The van der Waals surface area contributed by atoms with Crippen LogP contribution < -0.4 is 38.5 Å². The molecular formula is C59H29B2N3O5. The van der Waals surface area contributed by atoms with Gasteiger partial charge in [0, 0.05) is 38.0 Å². The van der Waals surface area contributed by atoms with Gasteiger partial charge in [-0.3, -0.25) is 4.57 Å². The third-order valence-corrected chi connectivity index (χ3v) is 15.8. The van der Waals surface area contributed by atoms with Gasteiger partial charge in [-0.25, -0.2) is 13.6 Å². The van der Waals surface area contributed by atoms with Gasteiger partial charge in [0.05, 0.1) is 21.8 Å². The summed E-state index contributed by atoms with van der Waals surface area (Å²) in [6.07, 6.45) is 0. The normalized spacial score (nSPS) is 13.5. The number of para-hydroxylation sites is 5. The highest BCUT2D eigenvalue weighted by Gasteiger charge is 2.46. The Morgan fingerprint density at radius 3 is 1.10 bits per heavy atom. The molecule has 0 unspecified atom stereocenters. The number of aromatic nitrogens is 3. The molecule has 18 rings (SSSR count). The summed E-state index contributed by atoms with van der Waals surface area (Å²) < 4.78 is 33.0. The van der Waals surface area contributed by atoms with Gasteiger partial charge >= 0.3 is 5.69 Å². The number of nitrogens with zero attached hydrogens (tertiary/aromatic N) is 3. The van der Waals surface area contributed by atoms with E-state index in [4.69, 9.17) is 17.7 Å². The summed E-state index contributed by atoms with van der Waals surface area (Å²) in [5.41, 5.74) is 17.3. The molecule has 16 aromatic rings. The van der Waals surface area contributed by atoms with Crippen LogP contribution in [0.3, 0.4) is 0 Å². The Morgan fingerprint density at radius 2 is 0.667 bits per heavy atom. The lowest BCUT2D eigenvalue weighted by Gasteiger charge is -2.34. The smallest absolute Gasteiger partial charge is 0.340 e. The quantitative estimate of drug-likeness (QED) is 0.162. The van der Waals surface area contributed by atoms with Gasteiger partial charge in [-0.1, -0.05) is 126 Å². The summed E-state index contributed by atoms with van der Waals surface area (Å²) in [5.74, 6) is 0. The van der Waals surface area contributed by atoms with Gasteiger partial charge in [0.25, 0.3) is 13.4 Å². The van der Waals surface area contributed by atoms with E-state index in [9.17, 15) is 0 Å². The predicted molar refractivity (Wildman–Crippen MR) is 280 cm³/mol. The lowest BCUT2D eigenvalue weighted by molar-refractivity contribution is 0.668. The fourth-order valence-corrected chi connectivity index (χ4v) is 13.3. The van der Waals surface area contributed by atoms with Crippen molar-refractivity contribution in [1.82, 2.24) is 13.4 Å². The molecule has 0 amide bonds. The minimum atomic E-state index is -0.309. The lowest BCUT2D eigenvalue weighted by Crippen LogP contribution is -2.64. The van der Waals surface area contributed by atoms with E-state index >= 15 is 4.79 Å². The van der Waals surface area contributed by atoms with Crippen LogP contribution >= 0.6 is 0 Å². The standard InChI is InChI=1S/C59H29B2N3O5/c65-59-63-54-34(26-28-46-50(54)32-14-3-7-22-42(32)68-46)52-57(63)62-56-38(60(52)36-16-10-24-44-48(36)30-12-1-5-20-40(30)66-44)18-9-19-39(56)61(37-17-11-25-45-49(37)31-13-2-6-21-41(31)67-45)53-35-27-29-47-51(55(35)64(59)58(53)62)33-15-4-8-23-43(33)69-47/h1-29H. The average Bonchev–Trinajstić information content (AvgIpc) is 4.24. The number of benzene rings is 9. The van der Waals surface area contributed by atoms with Crippen molar-refractivity contribution in [3.63, 3.8) is 0 Å². The van der Waals surface area contributed by atoms with Gasteiger partial charge < -0.3 is 17.7 Å². The van der Waals surface area contributed by atoms with Gasteiger partial charge in [0.15, 0.2) is 0 Å². The van der Waals surface area contributed by atoms with E-state index in [1.807, 2.05) is 69.5 Å². The number of furan rings is 4. The zero-order valence-corrected chi connectivity index (χ0v) is 36.3. The first-order valence-electron chi connectivity index (χ1n) is 23.4. The molecule has 0 fully saturated rings. The largest absolute Gasteiger partial charge is 0.456 e. The Kier molecular flexibility index (Phi) is 6.04. The van der Waals surface area contributed by atoms with E-state index in [-0.39, 0.29) is 19.1 Å². The van der Waals surface area contributed by atoms with Crippen molar-refractivity contribution in [3.05, 3.63) is 186 Å². The van der Waals surface area contributed by atoms with E-state index in [2.05, 4.69) is 120 Å². The number of fused-ring (bicyclic) bond motifs is 20. The molecule has 69 heavy (non-hydrogen) atoms. The molecule has 7 aromatic heterocycles. The lowest BCUT2D eigenvalue weighted by atomic mass is 9.31.